The first-order valence-corrected chi connectivity index (χ1v) is 18.4. The number of rotatable bonds is 8. The Bertz CT molecular complexity index is 1620. The van der Waals surface area contributed by atoms with E-state index in [-0.39, 0.29) is 22.7 Å². The van der Waals surface area contributed by atoms with Crippen LogP contribution in [0.25, 0.3) is 10.8 Å². The van der Waals surface area contributed by atoms with Crippen LogP contribution in [0.1, 0.15) is 77.1 Å². The van der Waals surface area contributed by atoms with Gasteiger partial charge >= 0.3 is 105 Å². The van der Waals surface area contributed by atoms with Gasteiger partial charge in [-0.15, -0.1) is 5.41 Å². The van der Waals surface area contributed by atoms with Gasteiger partial charge in [0.05, 0.1) is 0 Å². The summed E-state index contributed by atoms with van der Waals surface area (Å²) >= 11 is -0.440. The predicted molar refractivity (Wildman–Crippen MR) is 182 cm³/mol. The van der Waals surface area contributed by atoms with E-state index in [0.717, 1.165) is 19.3 Å². The van der Waals surface area contributed by atoms with Crippen LogP contribution in [0, 0.1) is 16.7 Å². The zero-order valence-electron chi connectivity index (χ0n) is 26.7. The maximum absolute atomic E-state index is 10.6. The Balaban J connectivity index is 0.000000236. The Kier molecular flexibility index (Phi) is 11.0. The fourth-order valence-corrected chi connectivity index (χ4v) is 7.49. The molecule has 0 aliphatic carbocycles. The molecule has 1 atom stereocenters. The molecule has 0 radical (unpaired) electrons. The van der Waals surface area contributed by atoms with Gasteiger partial charge in [-0.05, 0) is 55.0 Å². The number of nitro groups is 1. The number of non-ortho nitro benzene ring substituents is 1. The quantitative estimate of drug-likeness (QED) is 0.0795. The van der Waals surface area contributed by atoms with E-state index in [2.05, 4.69) is 107 Å². The van der Waals surface area contributed by atoms with E-state index in [1.54, 1.807) is 10.7 Å². The fraction of sp³-hybridized carbons (Fsp3) is 0.351. The van der Waals surface area contributed by atoms with Gasteiger partial charge in [0.2, 0.25) is 0 Å². The number of hydrogen-bond donors (Lipinski definition) is 0. The number of para-hydroxylation sites is 1. The summed E-state index contributed by atoms with van der Waals surface area (Å²) < 4.78 is 7.31. The van der Waals surface area contributed by atoms with Gasteiger partial charge in [-0.3, -0.25) is 0 Å². The van der Waals surface area contributed by atoms with E-state index in [1.807, 2.05) is 13.8 Å². The Morgan fingerprint density at radius 1 is 1.00 bits per heavy atom. The van der Waals surface area contributed by atoms with E-state index in [4.69, 9.17) is 14.4 Å². The normalized spacial score (nSPS) is 17.8. The Morgan fingerprint density at radius 3 is 2.25 bits per heavy atom. The molecule has 1 unspecified atom stereocenters. The van der Waals surface area contributed by atoms with Crippen LogP contribution in [0.4, 0.5) is 11.4 Å². The molecule has 0 bridgehead atoms. The molecule has 5 rings (SSSR count). The molecule has 1 aliphatic rings. The minimum Gasteiger partial charge on any atom is -0.517 e. The van der Waals surface area contributed by atoms with Crippen LogP contribution in [-0.4, -0.2) is 21.2 Å². The third kappa shape index (κ3) is 7.41. The molecule has 1 aliphatic heterocycles. The summed E-state index contributed by atoms with van der Waals surface area (Å²) in [5.74, 6) is 0.635. The van der Waals surface area contributed by atoms with Crippen molar-refractivity contribution < 1.29 is 25.3 Å². The predicted octanol–water partition coefficient (Wildman–Crippen LogP) is 9.84. The molecule has 0 spiro atoms. The topological polar surface area (TPSA) is 55.6 Å². The molecule has 0 N–H and O–H groups in total. The minimum absolute atomic E-state index is 0.0101. The van der Waals surface area contributed by atoms with Crippen LogP contribution in [0.2, 0.25) is 0 Å². The second-order valence-electron chi connectivity index (χ2n) is 12.4. The first kappa shape index (κ1) is 33.8. The molecule has 1 heterocycles. The fourth-order valence-electron chi connectivity index (χ4n) is 6.40. The molecule has 235 valence electrons. The van der Waals surface area contributed by atoms with Crippen molar-refractivity contribution >= 4 is 36.4 Å². The summed E-state index contributed by atoms with van der Waals surface area (Å²) in [5.41, 5.74) is 6.59. The third-order valence-electron chi connectivity index (χ3n) is 8.19. The number of ether oxygens (including phenoxy) is 1. The van der Waals surface area contributed by atoms with Crippen molar-refractivity contribution in [1.82, 2.24) is 0 Å². The van der Waals surface area contributed by atoms with Crippen molar-refractivity contribution in [3.63, 3.8) is 0 Å². The monoisotopic (exact) mass is 700 g/mol. The number of benzene rings is 4. The molecule has 0 amide bonds. The number of nitrogens with zero attached hydrogens (tertiary/aromatic N) is 2. The van der Waals surface area contributed by atoms with Crippen LogP contribution < -0.4 is 9.64 Å². The van der Waals surface area contributed by atoms with E-state index in [1.165, 1.54) is 45.3 Å². The van der Waals surface area contributed by atoms with Crippen molar-refractivity contribution in [3.05, 3.63) is 118 Å². The summed E-state index contributed by atoms with van der Waals surface area (Å²) in [7, 11) is 5.69. The number of nitro benzene ring substituents is 1. The molecule has 5 nitrogen and oxygen atoms in total. The molecule has 1 fully saturated rings. The zero-order valence-corrected chi connectivity index (χ0v) is 29.2. The first-order valence-electron chi connectivity index (χ1n) is 15.2. The standard InChI is InChI=1S/C27H32N.C10H11NO3.ClH.Ru/c1-6-20-13-10-14-21(7-2)25(20)28-19-27(5,18-26(28,3)4)24-17-11-15-22-12-8-9-16-23(22)24;1-7(2)14-10-5-4-9(11(12)13)6-8(10)3;;/h8-17,19H,6-7,18H2,1-5H3;3-7H,1-2H3;1H;/q-1;;;+1/p-1. The average Bonchev–Trinajstić information content (AvgIpc) is 3.25. The van der Waals surface area contributed by atoms with Gasteiger partial charge < -0.3 is 4.90 Å². The minimum atomic E-state index is -0.440. The zero-order chi connectivity index (χ0) is 32.1. The molecular formula is C37H43ClN2O3Ru-. The van der Waals surface area contributed by atoms with Gasteiger partial charge in [0.25, 0.3) is 0 Å². The second-order valence-corrected chi connectivity index (χ2v) is 14.2. The number of fused-ring (bicyclic) bond motifs is 1. The van der Waals surface area contributed by atoms with Crippen molar-refractivity contribution in [2.24, 2.45) is 0 Å². The molecular weight excluding hydrogens is 657 g/mol. The maximum Gasteiger partial charge on any atom is 0.0140 e. The number of aryl methyl sites for hydroxylation is 2. The number of anilines is 1. The van der Waals surface area contributed by atoms with Gasteiger partial charge in [-0.2, -0.15) is 0 Å². The molecule has 44 heavy (non-hydrogen) atoms. The smallest absolute Gasteiger partial charge is 0.0140 e. The van der Waals surface area contributed by atoms with Crippen molar-refractivity contribution in [2.45, 2.75) is 84.8 Å². The van der Waals surface area contributed by atoms with Gasteiger partial charge in [0.15, 0.2) is 0 Å². The number of halogens is 1. The maximum atomic E-state index is 10.6. The largest absolute Gasteiger partial charge is 0.517 e. The molecule has 0 saturated carbocycles. The Hall–Kier alpha value is -3.08. The Morgan fingerprint density at radius 2 is 1.64 bits per heavy atom. The molecule has 1 saturated heterocycles. The van der Waals surface area contributed by atoms with Crippen molar-refractivity contribution in [3.8, 4) is 5.75 Å². The van der Waals surface area contributed by atoms with Gasteiger partial charge in [-0.25, -0.2) is 6.54 Å². The van der Waals surface area contributed by atoms with E-state index in [9.17, 15) is 10.1 Å². The van der Waals surface area contributed by atoms with Crippen LogP contribution in [0.15, 0.2) is 78.9 Å². The van der Waals surface area contributed by atoms with Crippen LogP contribution in [0.3, 0.4) is 0 Å². The Labute approximate surface area is 273 Å². The summed E-state index contributed by atoms with van der Waals surface area (Å²) in [6.07, 6.45) is 3.26. The number of hydrogen-bond acceptors (Lipinski definition) is 4. The van der Waals surface area contributed by atoms with E-state index in [0.29, 0.717) is 11.3 Å². The van der Waals surface area contributed by atoms with Crippen LogP contribution in [0.5, 0.6) is 5.75 Å². The van der Waals surface area contributed by atoms with Crippen LogP contribution in [-0.2, 0) is 33.9 Å². The summed E-state index contributed by atoms with van der Waals surface area (Å²) in [5, 5.41) is 13.3. The molecule has 7 heteroatoms. The molecule has 4 aromatic rings. The van der Waals surface area contributed by atoms with Gasteiger partial charge in [0.1, 0.15) is 0 Å². The first-order chi connectivity index (χ1) is 20.9. The molecule has 4 aromatic carbocycles. The van der Waals surface area contributed by atoms with E-state index >= 15 is 0 Å². The second kappa shape index (κ2) is 14.3. The summed E-state index contributed by atoms with van der Waals surface area (Å²) in [6, 6.07) is 26.9. The summed E-state index contributed by atoms with van der Waals surface area (Å²) in [6.45, 7) is 18.1. The molecule has 0 aromatic heterocycles. The SMILES string of the molecule is CC(C)Oc1ccc([N+](=O)[O-])cc1[CH]=[Ru][Cl].CCc1cccc(CC)c1N1[CH-]C(C)(c2cccc3ccccc23)CC1(C)C. The van der Waals surface area contributed by atoms with Crippen molar-refractivity contribution in [2.75, 3.05) is 4.90 Å². The van der Waals surface area contributed by atoms with Gasteiger partial charge in [0, 0.05) is 11.2 Å². The summed E-state index contributed by atoms with van der Waals surface area (Å²) in [4.78, 5) is 12.8. The van der Waals surface area contributed by atoms with Gasteiger partial charge in [-0.1, -0.05) is 87.0 Å². The third-order valence-corrected chi connectivity index (χ3v) is 9.38. The van der Waals surface area contributed by atoms with E-state index < -0.39 is 20.6 Å². The van der Waals surface area contributed by atoms with Crippen LogP contribution >= 0.6 is 9.69 Å². The van der Waals surface area contributed by atoms with Crippen molar-refractivity contribution in [1.29, 1.82) is 0 Å². The average molecular weight is 700 g/mol.